The third-order valence-electron chi connectivity index (χ3n) is 2.86. The number of rotatable bonds is 5. The third kappa shape index (κ3) is 3.71. The topological polar surface area (TPSA) is 96.5 Å². The summed E-state index contributed by atoms with van der Waals surface area (Å²) in [4.78, 5) is 34.7. The molecule has 112 valence electrons. The number of carbonyl (C=O) groups excluding carboxylic acids is 3. The van der Waals surface area contributed by atoms with Crippen LogP contribution in [0.5, 0.6) is 5.75 Å². The summed E-state index contributed by atoms with van der Waals surface area (Å²) in [6, 6.07) is 7.00. The van der Waals surface area contributed by atoms with Crippen LogP contribution >= 0.6 is 0 Å². The molecule has 0 spiro atoms. The summed E-state index contributed by atoms with van der Waals surface area (Å²) in [5.74, 6) is -1.87. The van der Waals surface area contributed by atoms with Crippen LogP contribution in [0.4, 0.5) is 5.69 Å². The van der Waals surface area contributed by atoms with Crippen LogP contribution in [0.25, 0.3) is 0 Å². The summed E-state index contributed by atoms with van der Waals surface area (Å²) >= 11 is 0. The van der Waals surface area contributed by atoms with E-state index in [1.54, 1.807) is 24.3 Å². The van der Waals surface area contributed by atoms with Gasteiger partial charge in [0.1, 0.15) is 11.7 Å². The van der Waals surface area contributed by atoms with Crippen molar-refractivity contribution in [2.45, 2.75) is 26.4 Å². The Hall–Kier alpha value is -2.57. The molecule has 2 rings (SSSR count). The molecular weight excluding hydrogens is 274 g/mol. The second-order valence-corrected chi connectivity index (χ2v) is 4.95. The van der Waals surface area contributed by atoms with Crippen LogP contribution in [0, 0.1) is 5.92 Å². The van der Waals surface area contributed by atoms with Gasteiger partial charge < -0.3 is 10.1 Å². The Kier molecular flexibility index (Phi) is 4.42. The molecule has 1 aliphatic rings. The molecular formula is C14H17N3O4. The van der Waals surface area contributed by atoms with E-state index < -0.39 is 23.6 Å². The highest BCUT2D eigenvalue weighted by Gasteiger charge is 2.34. The average molecular weight is 291 g/mol. The number of ether oxygens (including phenoxy) is 1. The highest BCUT2D eigenvalue weighted by atomic mass is 16.5. The molecule has 0 atom stereocenters. The summed E-state index contributed by atoms with van der Waals surface area (Å²) in [5.41, 5.74) is 4.88. The van der Waals surface area contributed by atoms with Gasteiger partial charge in [-0.3, -0.25) is 25.2 Å². The van der Waals surface area contributed by atoms with Gasteiger partial charge in [0.15, 0.2) is 0 Å². The van der Waals surface area contributed by atoms with Crippen molar-refractivity contribution in [2.75, 3.05) is 5.32 Å². The van der Waals surface area contributed by atoms with E-state index in [-0.39, 0.29) is 12.5 Å². The maximum absolute atomic E-state index is 12.0. The zero-order valence-corrected chi connectivity index (χ0v) is 11.8. The summed E-state index contributed by atoms with van der Waals surface area (Å²) in [6.45, 7) is 3.76. The van der Waals surface area contributed by atoms with E-state index in [0.717, 1.165) is 0 Å². The van der Waals surface area contributed by atoms with E-state index in [4.69, 9.17) is 4.74 Å². The summed E-state index contributed by atoms with van der Waals surface area (Å²) < 4.78 is 5.59. The van der Waals surface area contributed by atoms with Crippen molar-refractivity contribution in [3.8, 4) is 5.75 Å². The fraction of sp³-hybridized carbons (Fsp3) is 0.357. The maximum atomic E-state index is 12.0. The van der Waals surface area contributed by atoms with E-state index in [1.807, 2.05) is 13.8 Å². The van der Waals surface area contributed by atoms with Crippen molar-refractivity contribution in [3.05, 3.63) is 24.3 Å². The van der Waals surface area contributed by atoms with Gasteiger partial charge in [0, 0.05) is 6.42 Å². The molecule has 7 heteroatoms. The molecule has 0 saturated carbocycles. The van der Waals surface area contributed by atoms with Gasteiger partial charge in [-0.15, -0.1) is 0 Å². The van der Waals surface area contributed by atoms with Crippen LogP contribution in [-0.2, 0) is 14.4 Å². The fourth-order valence-electron chi connectivity index (χ4n) is 1.92. The quantitative estimate of drug-likeness (QED) is 0.691. The van der Waals surface area contributed by atoms with Gasteiger partial charge in [0.2, 0.25) is 5.91 Å². The number of benzene rings is 1. The van der Waals surface area contributed by atoms with E-state index >= 15 is 0 Å². The van der Waals surface area contributed by atoms with Crippen molar-refractivity contribution < 1.29 is 19.1 Å². The molecule has 0 radical (unpaired) electrons. The Balaban J connectivity index is 2.03. The molecule has 0 bridgehead atoms. The highest BCUT2D eigenvalue weighted by molar-refractivity contribution is 6.09. The lowest BCUT2D eigenvalue weighted by Crippen LogP contribution is -2.28. The van der Waals surface area contributed by atoms with Crippen LogP contribution in [0.1, 0.15) is 20.3 Å². The number of hydrazine groups is 1. The Bertz CT molecular complexity index is 555. The first-order valence-electron chi connectivity index (χ1n) is 6.62. The van der Waals surface area contributed by atoms with Crippen LogP contribution in [0.3, 0.4) is 0 Å². The van der Waals surface area contributed by atoms with Crippen molar-refractivity contribution in [2.24, 2.45) is 5.92 Å². The largest absolute Gasteiger partial charge is 0.489 e. The zero-order chi connectivity index (χ0) is 15.4. The molecule has 7 nitrogen and oxygen atoms in total. The van der Waals surface area contributed by atoms with E-state index in [1.165, 1.54) is 0 Å². The number of anilines is 1. The molecule has 0 aromatic heterocycles. The van der Waals surface area contributed by atoms with Gasteiger partial charge in [-0.05, 0) is 26.0 Å². The summed E-state index contributed by atoms with van der Waals surface area (Å²) in [5, 5.41) is 2.66. The smallest absolute Gasteiger partial charge is 0.251 e. The summed E-state index contributed by atoms with van der Waals surface area (Å²) in [6.07, 6.45) is -0.248. The van der Waals surface area contributed by atoms with Crippen LogP contribution < -0.4 is 20.9 Å². The average Bonchev–Trinajstić information content (AvgIpc) is 2.72. The number of hydrogen-bond donors (Lipinski definition) is 3. The van der Waals surface area contributed by atoms with Crippen molar-refractivity contribution in [1.82, 2.24) is 10.9 Å². The first kappa shape index (κ1) is 14.8. The molecule has 0 unspecified atom stereocenters. The minimum Gasteiger partial charge on any atom is -0.489 e. The Morgan fingerprint density at radius 2 is 1.86 bits per heavy atom. The Labute approximate surface area is 122 Å². The normalized spacial score (nSPS) is 14.8. The molecule has 0 aliphatic carbocycles. The number of hydrogen-bond acceptors (Lipinski definition) is 4. The number of para-hydroxylation sites is 2. The number of amides is 3. The van der Waals surface area contributed by atoms with Crippen molar-refractivity contribution >= 4 is 23.4 Å². The van der Waals surface area contributed by atoms with Crippen molar-refractivity contribution in [3.63, 3.8) is 0 Å². The van der Waals surface area contributed by atoms with E-state index in [0.29, 0.717) is 11.4 Å². The highest BCUT2D eigenvalue weighted by Crippen LogP contribution is 2.25. The first-order chi connectivity index (χ1) is 9.97. The van der Waals surface area contributed by atoms with Gasteiger partial charge >= 0.3 is 0 Å². The summed E-state index contributed by atoms with van der Waals surface area (Å²) in [7, 11) is 0. The van der Waals surface area contributed by atoms with Gasteiger partial charge in [-0.25, -0.2) is 0 Å². The van der Waals surface area contributed by atoms with Gasteiger partial charge in [-0.1, -0.05) is 12.1 Å². The zero-order valence-electron chi connectivity index (χ0n) is 11.8. The standard InChI is InChI=1S/C14H17N3O4/c1-8(2)21-11-6-4-3-5-10(11)15-12(18)7-9-13(19)16-17-14(9)20/h3-6,8-9H,7H2,1-2H3,(H,15,18)(H,16,19)(H,17,20). The predicted octanol–water partition coefficient (Wildman–Crippen LogP) is 0.580. The minimum atomic E-state index is -0.997. The molecule has 1 saturated heterocycles. The first-order valence-corrected chi connectivity index (χ1v) is 6.62. The Morgan fingerprint density at radius 1 is 1.24 bits per heavy atom. The molecule has 1 aromatic carbocycles. The van der Waals surface area contributed by atoms with Crippen LogP contribution in [0.15, 0.2) is 24.3 Å². The van der Waals surface area contributed by atoms with Gasteiger partial charge in [0.25, 0.3) is 11.8 Å². The molecule has 1 aromatic rings. The number of carbonyl (C=O) groups is 3. The van der Waals surface area contributed by atoms with E-state index in [9.17, 15) is 14.4 Å². The minimum absolute atomic E-state index is 0.0329. The van der Waals surface area contributed by atoms with Crippen molar-refractivity contribution in [1.29, 1.82) is 0 Å². The lowest BCUT2D eigenvalue weighted by molar-refractivity contribution is -0.131. The SMILES string of the molecule is CC(C)Oc1ccccc1NC(=O)CC1C(=O)NNC1=O. The number of nitrogens with one attached hydrogen (secondary N) is 3. The Morgan fingerprint density at radius 3 is 2.48 bits per heavy atom. The molecule has 3 N–H and O–H groups in total. The van der Waals surface area contributed by atoms with Crippen LogP contribution in [-0.4, -0.2) is 23.8 Å². The lowest BCUT2D eigenvalue weighted by Gasteiger charge is -2.15. The molecule has 1 aliphatic heterocycles. The van der Waals surface area contributed by atoms with Gasteiger partial charge in [-0.2, -0.15) is 0 Å². The molecule has 1 heterocycles. The second kappa shape index (κ2) is 6.25. The van der Waals surface area contributed by atoms with Crippen LogP contribution in [0.2, 0.25) is 0 Å². The molecule has 3 amide bonds. The molecule has 1 fully saturated rings. The predicted molar refractivity (Wildman–Crippen MR) is 75.2 cm³/mol. The molecule has 21 heavy (non-hydrogen) atoms. The van der Waals surface area contributed by atoms with E-state index in [2.05, 4.69) is 16.2 Å². The third-order valence-corrected chi connectivity index (χ3v) is 2.86. The fourth-order valence-corrected chi connectivity index (χ4v) is 1.92. The monoisotopic (exact) mass is 291 g/mol. The lowest BCUT2D eigenvalue weighted by atomic mass is 10.1. The van der Waals surface area contributed by atoms with Gasteiger partial charge in [0.05, 0.1) is 11.8 Å². The maximum Gasteiger partial charge on any atom is 0.251 e. The second-order valence-electron chi connectivity index (χ2n) is 4.95.